The van der Waals surface area contributed by atoms with Crippen LogP contribution in [0.3, 0.4) is 0 Å². The highest BCUT2D eigenvalue weighted by Gasteiger charge is 2.09. The van der Waals surface area contributed by atoms with Gasteiger partial charge in [0.1, 0.15) is 5.82 Å². The van der Waals surface area contributed by atoms with E-state index in [1.54, 1.807) is 12.1 Å². The van der Waals surface area contributed by atoms with Crippen LogP contribution in [0.15, 0.2) is 30.3 Å². The summed E-state index contributed by atoms with van der Waals surface area (Å²) in [4.78, 5) is 15.7. The fraction of sp³-hybridized carbons (Fsp3) is 0.294. The van der Waals surface area contributed by atoms with E-state index in [4.69, 9.17) is 0 Å². The van der Waals surface area contributed by atoms with Crippen LogP contribution in [0, 0.1) is 13.8 Å². The number of hydrogen-bond donors (Lipinski definition) is 2. The second-order valence-electron chi connectivity index (χ2n) is 5.23. The van der Waals surface area contributed by atoms with Crippen molar-refractivity contribution in [3.63, 3.8) is 0 Å². The predicted molar refractivity (Wildman–Crippen MR) is 84.4 cm³/mol. The van der Waals surface area contributed by atoms with Gasteiger partial charge in [0.05, 0.1) is 5.56 Å². The molecule has 0 fully saturated rings. The summed E-state index contributed by atoms with van der Waals surface area (Å²) in [7, 11) is 0. The van der Waals surface area contributed by atoms with E-state index < -0.39 is 5.97 Å². The molecule has 0 aliphatic rings. The quantitative estimate of drug-likeness (QED) is 0.868. The average Bonchev–Trinajstić information content (AvgIpc) is 2.42. The standard InChI is InChI=1S/C17H20N2O2/c1-4-5-14-9-13(17(20)21)10-16(18-14)19-15-7-6-11(2)8-12(15)3/h6-10H,4-5H2,1-3H3,(H,18,19)(H,20,21). The maximum absolute atomic E-state index is 11.2. The van der Waals surface area contributed by atoms with E-state index in [0.29, 0.717) is 5.82 Å². The summed E-state index contributed by atoms with van der Waals surface area (Å²) in [6, 6.07) is 9.29. The zero-order chi connectivity index (χ0) is 15.4. The number of aromatic nitrogens is 1. The zero-order valence-electron chi connectivity index (χ0n) is 12.6. The van der Waals surface area contributed by atoms with Crippen molar-refractivity contribution < 1.29 is 9.90 Å². The van der Waals surface area contributed by atoms with Gasteiger partial charge in [-0.25, -0.2) is 9.78 Å². The number of carbonyl (C=O) groups is 1. The molecule has 0 spiro atoms. The molecule has 2 aromatic rings. The number of pyridine rings is 1. The number of carboxylic acid groups (broad SMARTS) is 1. The number of hydrogen-bond acceptors (Lipinski definition) is 3. The molecule has 0 saturated carbocycles. The van der Waals surface area contributed by atoms with Gasteiger partial charge in [0.15, 0.2) is 0 Å². The highest BCUT2D eigenvalue weighted by Crippen LogP contribution is 2.22. The molecule has 2 rings (SSSR count). The summed E-state index contributed by atoms with van der Waals surface area (Å²) in [5, 5.41) is 12.4. The Kier molecular flexibility index (Phi) is 4.58. The van der Waals surface area contributed by atoms with Crippen LogP contribution in [0.2, 0.25) is 0 Å². The van der Waals surface area contributed by atoms with Crippen LogP contribution >= 0.6 is 0 Å². The van der Waals surface area contributed by atoms with Crippen LogP contribution < -0.4 is 5.32 Å². The maximum Gasteiger partial charge on any atom is 0.335 e. The van der Waals surface area contributed by atoms with Crippen LogP contribution in [0.25, 0.3) is 0 Å². The van der Waals surface area contributed by atoms with Gasteiger partial charge in [0.2, 0.25) is 0 Å². The third kappa shape index (κ3) is 3.81. The molecule has 0 amide bonds. The summed E-state index contributed by atoms with van der Waals surface area (Å²) in [6.07, 6.45) is 1.70. The van der Waals surface area contributed by atoms with Gasteiger partial charge >= 0.3 is 5.97 Å². The van der Waals surface area contributed by atoms with Crippen molar-refractivity contribution in [1.29, 1.82) is 0 Å². The van der Waals surface area contributed by atoms with Crippen molar-refractivity contribution >= 4 is 17.5 Å². The molecule has 1 aromatic carbocycles. The van der Waals surface area contributed by atoms with Crippen molar-refractivity contribution in [2.45, 2.75) is 33.6 Å². The number of anilines is 2. The van der Waals surface area contributed by atoms with Gasteiger partial charge < -0.3 is 10.4 Å². The fourth-order valence-electron chi connectivity index (χ4n) is 2.25. The summed E-state index contributed by atoms with van der Waals surface area (Å²) in [6.45, 7) is 6.11. The maximum atomic E-state index is 11.2. The molecule has 110 valence electrons. The topological polar surface area (TPSA) is 62.2 Å². The molecule has 0 aliphatic heterocycles. The molecule has 4 heteroatoms. The number of rotatable bonds is 5. The lowest BCUT2D eigenvalue weighted by molar-refractivity contribution is 0.0696. The minimum Gasteiger partial charge on any atom is -0.478 e. The van der Waals surface area contributed by atoms with Crippen molar-refractivity contribution in [1.82, 2.24) is 4.98 Å². The number of benzene rings is 1. The van der Waals surface area contributed by atoms with Gasteiger partial charge in [0.25, 0.3) is 0 Å². The molecule has 1 aromatic heterocycles. The van der Waals surface area contributed by atoms with E-state index >= 15 is 0 Å². The Morgan fingerprint density at radius 2 is 2.00 bits per heavy atom. The predicted octanol–water partition coefficient (Wildman–Crippen LogP) is 4.09. The Morgan fingerprint density at radius 1 is 1.24 bits per heavy atom. The Hall–Kier alpha value is -2.36. The summed E-state index contributed by atoms with van der Waals surface area (Å²) in [5.74, 6) is -0.358. The number of aryl methyl sites for hydroxylation is 3. The van der Waals surface area contributed by atoms with Gasteiger partial charge in [-0.1, -0.05) is 31.0 Å². The Balaban J connectivity index is 2.36. The Bertz CT molecular complexity index is 666. The average molecular weight is 284 g/mol. The molecule has 4 nitrogen and oxygen atoms in total. The summed E-state index contributed by atoms with van der Waals surface area (Å²) >= 11 is 0. The lowest BCUT2D eigenvalue weighted by Crippen LogP contribution is -2.04. The molecule has 1 heterocycles. The first-order valence-corrected chi connectivity index (χ1v) is 7.08. The van der Waals surface area contributed by atoms with E-state index in [9.17, 15) is 9.90 Å². The highest BCUT2D eigenvalue weighted by molar-refractivity contribution is 5.88. The minimum atomic E-state index is -0.932. The van der Waals surface area contributed by atoms with E-state index in [2.05, 4.69) is 16.4 Å². The Labute approximate surface area is 124 Å². The SMILES string of the molecule is CCCc1cc(C(=O)O)cc(Nc2ccc(C)cc2C)n1. The van der Waals surface area contributed by atoms with Crippen molar-refractivity contribution in [2.75, 3.05) is 5.32 Å². The smallest absolute Gasteiger partial charge is 0.335 e. The lowest BCUT2D eigenvalue weighted by atomic mass is 10.1. The van der Waals surface area contributed by atoms with Crippen LogP contribution in [0.1, 0.15) is 40.5 Å². The van der Waals surface area contributed by atoms with Crippen molar-refractivity contribution in [2.24, 2.45) is 0 Å². The van der Waals surface area contributed by atoms with Crippen LogP contribution in [-0.4, -0.2) is 16.1 Å². The minimum absolute atomic E-state index is 0.265. The molecular weight excluding hydrogens is 264 g/mol. The zero-order valence-corrected chi connectivity index (χ0v) is 12.6. The first-order valence-electron chi connectivity index (χ1n) is 7.08. The first kappa shape index (κ1) is 15.0. The summed E-state index contributed by atoms with van der Waals surface area (Å²) < 4.78 is 0. The lowest BCUT2D eigenvalue weighted by Gasteiger charge is -2.11. The number of nitrogens with one attached hydrogen (secondary N) is 1. The molecule has 0 radical (unpaired) electrons. The molecule has 0 bridgehead atoms. The van der Waals surface area contributed by atoms with Crippen LogP contribution in [0.5, 0.6) is 0 Å². The first-order chi connectivity index (χ1) is 9.99. The van der Waals surface area contributed by atoms with Crippen molar-refractivity contribution in [3.05, 3.63) is 52.7 Å². The largest absolute Gasteiger partial charge is 0.478 e. The Morgan fingerprint density at radius 3 is 2.62 bits per heavy atom. The molecule has 0 saturated heterocycles. The van der Waals surface area contributed by atoms with Gasteiger partial charge in [-0.2, -0.15) is 0 Å². The molecule has 2 N–H and O–H groups in total. The molecule has 21 heavy (non-hydrogen) atoms. The van der Waals surface area contributed by atoms with E-state index in [0.717, 1.165) is 29.8 Å². The third-order valence-electron chi connectivity index (χ3n) is 3.28. The normalized spacial score (nSPS) is 10.4. The summed E-state index contributed by atoms with van der Waals surface area (Å²) in [5.41, 5.74) is 4.30. The van der Waals surface area contributed by atoms with E-state index in [-0.39, 0.29) is 5.56 Å². The van der Waals surface area contributed by atoms with Crippen molar-refractivity contribution in [3.8, 4) is 0 Å². The third-order valence-corrected chi connectivity index (χ3v) is 3.28. The molecule has 0 aliphatic carbocycles. The molecule has 0 atom stereocenters. The van der Waals surface area contributed by atoms with Gasteiger partial charge in [0, 0.05) is 11.4 Å². The van der Waals surface area contributed by atoms with Gasteiger partial charge in [-0.3, -0.25) is 0 Å². The van der Waals surface area contributed by atoms with E-state index in [1.165, 1.54) is 5.56 Å². The number of carboxylic acids is 1. The second-order valence-corrected chi connectivity index (χ2v) is 5.23. The molecular formula is C17H20N2O2. The number of nitrogens with zero attached hydrogens (tertiary/aromatic N) is 1. The van der Waals surface area contributed by atoms with E-state index in [1.807, 2.05) is 32.9 Å². The van der Waals surface area contributed by atoms with Crippen LogP contribution in [-0.2, 0) is 6.42 Å². The monoisotopic (exact) mass is 284 g/mol. The number of aromatic carboxylic acids is 1. The second kappa shape index (κ2) is 6.39. The molecule has 0 unspecified atom stereocenters. The fourth-order valence-corrected chi connectivity index (χ4v) is 2.25. The van der Waals surface area contributed by atoms with Gasteiger partial charge in [-0.15, -0.1) is 0 Å². The highest BCUT2D eigenvalue weighted by atomic mass is 16.4. The van der Waals surface area contributed by atoms with Crippen LogP contribution in [0.4, 0.5) is 11.5 Å². The van der Waals surface area contributed by atoms with Gasteiger partial charge in [-0.05, 0) is 44.0 Å².